The minimum absolute atomic E-state index is 0.347. The van der Waals surface area contributed by atoms with E-state index in [4.69, 9.17) is 5.73 Å². The van der Waals surface area contributed by atoms with Gasteiger partial charge in [0.25, 0.3) is 0 Å². The summed E-state index contributed by atoms with van der Waals surface area (Å²) in [5.74, 6) is 0.0128. The van der Waals surface area contributed by atoms with Crippen molar-refractivity contribution in [1.82, 2.24) is 0 Å². The van der Waals surface area contributed by atoms with Crippen LogP contribution in [0.3, 0.4) is 0 Å². The lowest BCUT2D eigenvalue weighted by Crippen LogP contribution is -2.49. The first kappa shape index (κ1) is 13.5. The lowest BCUT2D eigenvalue weighted by molar-refractivity contribution is -0.160. The van der Waals surface area contributed by atoms with Crippen LogP contribution in [0.25, 0.3) is 0 Å². The summed E-state index contributed by atoms with van der Waals surface area (Å²) >= 11 is 0. The van der Waals surface area contributed by atoms with Crippen LogP contribution in [-0.4, -0.2) is 30.8 Å². The van der Waals surface area contributed by atoms with Crippen LogP contribution in [0.2, 0.25) is 0 Å². The minimum Gasteiger partial charge on any atom is -0.467 e. The fourth-order valence-corrected chi connectivity index (χ4v) is 2.78. The van der Waals surface area contributed by atoms with Crippen molar-refractivity contribution in [3.8, 4) is 0 Å². The molecule has 16 heavy (non-hydrogen) atoms. The highest BCUT2D eigenvalue weighted by atomic mass is 16.5. The van der Waals surface area contributed by atoms with Gasteiger partial charge < -0.3 is 15.6 Å². The molecule has 3 unspecified atom stereocenters. The molecule has 0 aromatic rings. The van der Waals surface area contributed by atoms with E-state index in [0.29, 0.717) is 12.5 Å². The van der Waals surface area contributed by atoms with E-state index in [1.165, 1.54) is 13.5 Å². The van der Waals surface area contributed by atoms with Gasteiger partial charge in [0.05, 0.1) is 7.11 Å². The van der Waals surface area contributed by atoms with Crippen molar-refractivity contribution in [2.75, 3.05) is 13.7 Å². The van der Waals surface area contributed by atoms with E-state index in [9.17, 15) is 9.90 Å². The van der Waals surface area contributed by atoms with Crippen molar-refractivity contribution < 1.29 is 14.6 Å². The van der Waals surface area contributed by atoms with Crippen LogP contribution in [0.4, 0.5) is 0 Å². The molecule has 94 valence electrons. The SMILES string of the molecule is CCC1CCCC(CN)(C(O)C(=O)OC)C1. The van der Waals surface area contributed by atoms with E-state index in [1.54, 1.807) is 0 Å². The van der Waals surface area contributed by atoms with Crippen molar-refractivity contribution in [1.29, 1.82) is 0 Å². The van der Waals surface area contributed by atoms with Gasteiger partial charge in [0.1, 0.15) is 0 Å². The monoisotopic (exact) mass is 229 g/mol. The number of hydrogen-bond donors (Lipinski definition) is 2. The third-order valence-electron chi connectivity index (χ3n) is 3.97. The van der Waals surface area contributed by atoms with Gasteiger partial charge in [0.15, 0.2) is 6.10 Å². The Morgan fingerprint density at radius 1 is 1.69 bits per heavy atom. The highest BCUT2D eigenvalue weighted by molar-refractivity contribution is 5.75. The fraction of sp³-hybridized carbons (Fsp3) is 0.917. The van der Waals surface area contributed by atoms with E-state index in [2.05, 4.69) is 11.7 Å². The third kappa shape index (κ3) is 2.55. The van der Waals surface area contributed by atoms with Gasteiger partial charge in [-0.15, -0.1) is 0 Å². The Balaban J connectivity index is 2.79. The summed E-state index contributed by atoms with van der Waals surface area (Å²) in [5.41, 5.74) is 5.31. The normalized spacial score (nSPS) is 32.1. The van der Waals surface area contributed by atoms with Crippen LogP contribution >= 0.6 is 0 Å². The number of hydrogen-bond acceptors (Lipinski definition) is 4. The van der Waals surface area contributed by atoms with Gasteiger partial charge >= 0.3 is 5.97 Å². The molecule has 0 spiro atoms. The number of aliphatic hydroxyl groups excluding tert-OH is 1. The number of ether oxygens (including phenoxy) is 1. The third-order valence-corrected chi connectivity index (χ3v) is 3.97. The fourth-order valence-electron chi connectivity index (χ4n) is 2.78. The zero-order valence-corrected chi connectivity index (χ0v) is 10.2. The number of carbonyl (C=O) groups is 1. The predicted octanol–water partition coefficient (Wildman–Crippen LogP) is 1.07. The minimum atomic E-state index is -1.07. The molecule has 4 heteroatoms. The molecule has 0 aromatic heterocycles. The van der Waals surface area contributed by atoms with Crippen LogP contribution in [0.1, 0.15) is 39.0 Å². The molecule has 1 aliphatic carbocycles. The van der Waals surface area contributed by atoms with E-state index >= 15 is 0 Å². The molecule has 1 saturated carbocycles. The Bertz CT molecular complexity index is 244. The average molecular weight is 229 g/mol. The van der Waals surface area contributed by atoms with E-state index in [1.807, 2.05) is 0 Å². The summed E-state index contributed by atoms with van der Waals surface area (Å²) in [5, 5.41) is 10.1. The molecule has 0 saturated heterocycles. The lowest BCUT2D eigenvalue weighted by atomic mass is 9.66. The van der Waals surface area contributed by atoms with Crippen molar-refractivity contribution in [2.45, 2.75) is 45.1 Å². The van der Waals surface area contributed by atoms with E-state index in [0.717, 1.165) is 25.7 Å². The molecule has 0 radical (unpaired) electrons. The summed E-state index contributed by atoms with van der Waals surface area (Å²) in [4.78, 5) is 11.4. The quantitative estimate of drug-likeness (QED) is 0.707. The maximum Gasteiger partial charge on any atom is 0.335 e. The molecule has 0 heterocycles. The zero-order chi connectivity index (χ0) is 12.2. The number of methoxy groups -OCH3 is 1. The smallest absolute Gasteiger partial charge is 0.335 e. The Kier molecular flexibility index (Phi) is 4.74. The summed E-state index contributed by atoms with van der Waals surface area (Å²) < 4.78 is 4.62. The van der Waals surface area contributed by atoms with E-state index in [-0.39, 0.29) is 0 Å². The molecule has 1 aliphatic rings. The molecule has 0 aromatic carbocycles. The average Bonchev–Trinajstić information content (AvgIpc) is 2.36. The number of rotatable bonds is 4. The second kappa shape index (κ2) is 5.64. The predicted molar refractivity (Wildman–Crippen MR) is 61.8 cm³/mol. The van der Waals surface area contributed by atoms with Gasteiger partial charge in [-0.3, -0.25) is 0 Å². The van der Waals surface area contributed by atoms with Crippen molar-refractivity contribution >= 4 is 5.97 Å². The number of carbonyl (C=O) groups excluding carboxylic acids is 1. The Morgan fingerprint density at radius 2 is 2.38 bits per heavy atom. The second-order valence-corrected chi connectivity index (χ2v) is 4.86. The van der Waals surface area contributed by atoms with E-state index < -0.39 is 17.5 Å². The van der Waals surface area contributed by atoms with Crippen LogP contribution in [0, 0.1) is 11.3 Å². The van der Waals surface area contributed by atoms with Gasteiger partial charge in [0.2, 0.25) is 0 Å². The van der Waals surface area contributed by atoms with Gasteiger partial charge in [-0.25, -0.2) is 4.79 Å². The first-order valence-electron chi connectivity index (χ1n) is 6.05. The summed E-state index contributed by atoms with van der Waals surface area (Å²) in [7, 11) is 1.30. The molecule has 0 bridgehead atoms. The maximum absolute atomic E-state index is 11.4. The van der Waals surface area contributed by atoms with Crippen LogP contribution < -0.4 is 5.73 Å². The standard InChI is InChI=1S/C12H23NO3/c1-3-9-5-4-6-12(7-9,8-13)10(14)11(15)16-2/h9-10,14H,3-8,13H2,1-2H3. The summed E-state index contributed by atoms with van der Waals surface area (Å²) in [6.45, 7) is 2.49. The molecular formula is C12H23NO3. The zero-order valence-electron chi connectivity index (χ0n) is 10.2. The molecule has 1 fully saturated rings. The topological polar surface area (TPSA) is 72.5 Å². The van der Waals surface area contributed by atoms with Crippen molar-refractivity contribution in [3.63, 3.8) is 0 Å². The molecule has 1 rings (SSSR count). The van der Waals surface area contributed by atoms with Gasteiger partial charge in [-0.1, -0.05) is 26.2 Å². The highest BCUT2D eigenvalue weighted by Crippen LogP contribution is 2.42. The van der Waals surface area contributed by atoms with Crippen molar-refractivity contribution in [3.05, 3.63) is 0 Å². The molecule has 4 nitrogen and oxygen atoms in total. The molecule has 3 atom stereocenters. The van der Waals surface area contributed by atoms with Crippen molar-refractivity contribution in [2.24, 2.45) is 17.1 Å². The first-order chi connectivity index (χ1) is 7.59. The maximum atomic E-state index is 11.4. The summed E-state index contributed by atoms with van der Waals surface area (Å²) in [6, 6.07) is 0. The largest absolute Gasteiger partial charge is 0.467 e. The lowest BCUT2D eigenvalue weighted by Gasteiger charge is -2.42. The Morgan fingerprint density at radius 3 is 2.88 bits per heavy atom. The molecule has 0 amide bonds. The molecule has 3 N–H and O–H groups in total. The molecule has 0 aliphatic heterocycles. The second-order valence-electron chi connectivity index (χ2n) is 4.86. The molecular weight excluding hydrogens is 206 g/mol. The highest BCUT2D eigenvalue weighted by Gasteiger charge is 2.44. The van der Waals surface area contributed by atoms with Gasteiger partial charge in [0, 0.05) is 12.0 Å². The van der Waals surface area contributed by atoms with Gasteiger partial charge in [-0.05, 0) is 18.8 Å². The Labute approximate surface area is 97.2 Å². The first-order valence-corrected chi connectivity index (χ1v) is 6.05. The summed E-state index contributed by atoms with van der Waals surface area (Å²) in [6.07, 6.45) is 3.86. The number of aliphatic hydroxyl groups is 1. The number of nitrogens with two attached hydrogens (primary N) is 1. The van der Waals surface area contributed by atoms with Crippen LogP contribution in [-0.2, 0) is 9.53 Å². The van der Waals surface area contributed by atoms with Gasteiger partial charge in [-0.2, -0.15) is 0 Å². The Hall–Kier alpha value is -0.610. The number of esters is 1. The van der Waals surface area contributed by atoms with Crippen LogP contribution in [0.5, 0.6) is 0 Å². The van der Waals surface area contributed by atoms with Crippen LogP contribution in [0.15, 0.2) is 0 Å².